The summed E-state index contributed by atoms with van der Waals surface area (Å²) in [6.07, 6.45) is 3.67. The molecule has 9 heteroatoms. The Morgan fingerprint density at radius 3 is 2.73 bits per heavy atom. The van der Waals surface area contributed by atoms with E-state index in [1.807, 2.05) is 6.92 Å². The molecule has 0 radical (unpaired) electrons. The molecular weight excluding hydrogens is 469 g/mol. The van der Waals surface area contributed by atoms with Gasteiger partial charge in [0, 0.05) is 23.9 Å². The smallest absolute Gasteiger partial charge is 0.227 e. The molecule has 26 heavy (non-hydrogen) atoms. The zero-order chi connectivity index (χ0) is 18.7. The van der Waals surface area contributed by atoms with Crippen molar-refractivity contribution in [3.8, 4) is 0 Å². The lowest BCUT2D eigenvalue weighted by Gasteiger charge is -2.05. The van der Waals surface area contributed by atoms with Gasteiger partial charge in [0.15, 0.2) is 5.82 Å². The topological polar surface area (TPSA) is 64.7 Å². The summed E-state index contributed by atoms with van der Waals surface area (Å²) in [5.74, 6) is -0.0527. The number of nitrogens with zero attached hydrogens (tertiary/aromatic N) is 4. The first-order valence-electron chi connectivity index (χ1n) is 7.88. The third-order valence-electron chi connectivity index (χ3n) is 3.86. The van der Waals surface area contributed by atoms with Crippen LogP contribution in [0.1, 0.15) is 17.7 Å². The van der Waals surface area contributed by atoms with Gasteiger partial charge in [0.2, 0.25) is 5.91 Å². The lowest BCUT2D eigenvalue weighted by Crippen LogP contribution is -2.16. The monoisotopic (exact) mass is 483 g/mol. The van der Waals surface area contributed by atoms with Gasteiger partial charge in [-0.25, -0.2) is 4.39 Å². The first-order valence-corrected chi connectivity index (χ1v) is 9.46. The van der Waals surface area contributed by atoms with Crippen LogP contribution in [0.4, 0.5) is 10.2 Å². The van der Waals surface area contributed by atoms with Crippen LogP contribution in [0.15, 0.2) is 45.6 Å². The molecule has 2 heterocycles. The predicted molar refractivity (Wildman–Crippen MR) is 103 cm³/mol. The summed E-state index contributed by atoms with van der Waals surface area (Å²) in [6, 6.07) is 6.53. The summed E-state index contributed by atoms with van der Waals surface area (Å²) in [5.41, 5.74) is 1.49. The predicted octanol–water partition coefficient (Wildman–Crippen LogP) is 4.13. The van der Waals surface area contributed by atoms with Crippen LogP contribution < -0.4 is 5.32 Å². The number of carbonyl (C=O) groups excluding carboxylic acids is 1. The molecule has 0 atom stereocenters. The van der Waals surface area contributed by atoms with E-state index in [1.54, 1.807) is 40.0 Å². The second-order valence-corrected chi connectivity index (χ2v) is 7.42. The molecule has 136 valence electrons. The number of amides is 1. The van der Waals surface area contributed by atoms with Gasteiger partial charge in [-0.2, -0.15) is 10.2 Å². The van der Waals surface area contributed by atoms with Crippen LogP contribution in [0, 0.1) is 12.7 Å². The maximum atomic E-state index is 13.8. The molecule has 0 fully saturated rings. The summed E-state index contributed by atoms with van der Waals surface area (Å²) < 4.78 is 18.6. The lowest BCUT2D eigenvalue weighted by atomic mass is 10.2. The van der Waals surface area contributed by atoms with Crippen LogP contribution in [-0.2, 0) is 17.9 Å². The summed E-state index contributed by atoms with van der Waals surface area (Å²) >= 11 is 6.76. The molecule has 0 spiro atoms. The molecule has 6 nitrogen and oxygen atoms in total. The fraction of sp³-hybridized carbons (Fsp3) is 0.235. The second kappa shape index (κ2) is 8.13. The third-order valence-corrected chi connectivity index (χ3v) is 5.22. The maximum Gasteiger partial charge on any atom is 0.227 e. The molecule has 0 aliphatic heterocycles. The second-order valence-electron chi connectivity index (χ2n) is 5.71. The van der Waals surface area contributed by atoms with E-state index in [2.05, 4.69) is 47.4 Å². The molecule has 0 unspecified atom stereocenters. The molecular formula is C17H16Br2FN5O. The number of hydrogen-bond donors (Lipinski definition) is 1. The average Bonchev–Trinajstić information content (AvgIpc) is 3.11. The Hall–Kier alpha value is -2.00. The minimum absolute atomic E-state index is 0.173. The molecule has 1 aromatic carbocycles. The maximum absolute atomic E-state index is 13.8. The van der Waals surface area contributed by atoms with Gasteiger partial charge in [0.1, 0.15) is 5.82 Å². The van der Waals surface area contributed by atoms with Crippen LogP contribution in [-0.4, -0.2) is 25.5 Å². The Labute approximate surface area is 166 Å². The van der Waals surface area contributed by atoms with E-state index >= 15 is 0 Å². The Bertz CT molecular complexity index is 937. The molecule has 2 aromatic heterocycles. The number of rotatable bonds is 6. The lowest BCUT2D eigenvalue weighted by molar-refractivity contribution is -0.116. The molecule has 0 bridgehead atoms. The minimum Gasteiger partial charge on any atom is -0.308 e. The number of carbonyl (C=O) groups is 1. The number of halogens is 3. The number of benzene rings is 1. The van der Waals surface area contributed by atoms with Gasteiger partial charge in [0.25, 0.3) is 0 Å². The average molecular weight is 485 g/mol. The zero-order valence-electron chi connectivity index (χ0n) is 13.9. The van der Waals surface area contributed by atoms with Crippen molar-refractivity contribution in [2.75, 3.05) is 5.32 Å². The summed E-state index contributed by atoms with van der Waals surface area (Å²) in [4.78, 5) is 12.2. The molecule has 0 aliphatic carbocycles. The van der Waals surface area contributed by atoms with Crippen LogP contribution in [0.5, 0.6) is 0 Å². The van der Waals surface area contributed by atoms with Crippen molar-refractivity contribution in [2.45, 2.75) is 26.4 Å². The number of aryl methyl sites for hydroxylation is 1. The highest BCUT2D eigenvalue weighted by Crippen LogP contribution is 2.21. The normalized spacial score (nSPS) is 10.9. The van der Waals surface area contributed by atoms with Gasteiger partial charge in [-0.05, 0) is 44.8 Å². The fourth-order valence-corrected chi connectivity index (χ4v) is 3.13. The third kappa shape index (κ3) is 4.39. The van der Waals surface area contributed by atoms with E-state index in [4.69, 9.17) is 0 Å². The molecule has 1 amide bonds. The van der Waals surface area contributed by atoms with Gasteiger partial charge >= 0.3 is 0 Å². The van der Waals surface area contributed by atoms with Gasteiger partial charge in [-0.15, -0.1) is 0 Å². The molecule has 3 aromatic rings. The van der Waals surface area contributed by atoms with Gasteiger partial charge < -0.3 is 5.32 Å². The van der Waals surface area contributed by atoms with E-state index < -0.39 is 0 Å². The van der Waals surface area contributed by atoms with E-state index in [9.17, 15) is 9.18 Å². The van der Waals surface area contributed by atoms with Crippen LogP contribution >= 0.6 is 31.9 Å². The van der Waals surface area contributed by atoms with Crippen molar-refractivity contribution in [1.29, 1.82) is 0 Å². The van der Waals surface area contributed by atoms with E-state index in [1.165, 1.54) is 6.07 Å². The minimum atomic E-state index is -0.287. The highest BCUT2D eigenvalue weighted by Gasteiger charge is 2.12. The highest BCUT2D eigenvalue weighted by molar-refractivity contribution is 9.10. The Morgan fingerprint density at radius 1 is 1.27 bits per heavy atom. The van der Waals surface area contributed by atoms with Crippen LogP contribution in [0.2, 0.25) is 0 Å². The Balaban J connectivity index is 1.61. The number of aromatic nitrogens is 4. The molecule has 0 saturated heterocycles. The van der Waals surface area contributed by atoms with Crippen molar-refractivity contribution in [2.24, 2.45) is 0 Å². The largest absolute Gasteiger partial charge is 0.308 e. The van der Waals surface area contributed by atoms with Crippen LogP contribution in [0.25, 0.3) is 0 Å². The van der Waals surface area contributed by atoms with Gasteiger partial charge in [-0.1, -0.05) is 18.2 Å². The van der Waals surface area contributed by atoms with Crippen molar-refractivity contribution in [3.63, 3.8) is 0 Å². The zero-order valence-corrected chi connectivity index (χ0v) is 17.1. The summed E-state index contributed by atoms with van der Waals surface area (Å²) in [7, 11) is 0. The Morgan fingerprint density at radius 2 is 2.04 bits per heavy atom. The highest BCUT2D eigenvalue weighted by atomic mass is 79.9. The van der Waals surface area contributed by atoms with Crippen molar-refractivity contribution >= 4 is 43.6 Å². The SMILES string of the molecule is Cc1c(Br)cnn1CCC(=O)Nc1nn(Cc2ccccc2F)cc1Br. The van der Waals surface area contributed by atoms with Crippen molar-refractivity contribution in [3.05, 3.63) is 62.7 Å². The first-order chi connectivity index (χ1) is 12.4. The molecule has 1 N–H and O–H groups in total. The Kier molecular flexibility index (Phi) is 5.87. The molecule has 0 aliphatic rings. The standard InChI is InChI=1S/C17H16Br2FN5O/c1-11-13(18)8-21-25(11)7-6-16(26)22-17-14(19)10-24(23-17)9-12-4-2-3-5-15(12)20/h2-5,8,10H,6-7,9H2,1H3,(H,22,23,26). The quantitative estimate of drug-likeness (QED) is 0.572. The van der Waals surface area contributed by atoms with Crippen molar-refractivity contribution in [1.82, 2.24) is 19.6 Å². The number of anilines is 1. The van der Waals surface area contributed by atoms with E-state index in [0.717, 1.165) is 10.2 Å². The fourth-order valence-electron chi connectivity index (χ4n) is 2.42. The molecule has 0 saturated carbocycles. The van der Waals surface area contributed by atoms with E-state index in [-0.39, 0.29) is 24.7 Å². The van der Waals surface area contributed by atoms with Crippen LogP contribution in [0.3, 0.4) is 0 Å². The first kappa shape index (κ1) is 18.8. The molecule has 3 rings (SSSR count). The van der Waals surface area contributed by atoms with E-state index in [0.29, 0.717) is 22.4 Å². The number of nitrogens with one attached hydrogen (secondary N) is 1. The number of hydrogen-bond acceptors (Lipinski definition) is 3. The van der Waals surface area contributed by atoms with Crippen molar-refractivity contribution < 1.29 is 9.18 Å². The summed E-state index contributed by atoms with van der Waals surface area (Å²) in [5, 5.41) is 11.3. The summed E-state index contributed by atoms with van der Waals surface area (Å²) in [6.45, 7) is 2.68. The van der Waals surface area contributed by atoms with Gasteiger partial charge in [-0.3, -0.25) is 14.2 Å². The van der Waals surface area contributed by atoms with Gasteiger partial charge in [0.05, 0.1) is 28.2 Å².